The molecule has 8 rings (SSSR count). The van der Waals surface area contributed by atoms with Crippen molar-refractivity contribution < 1.29 is 33.4 Å². The van der Waals surface area contributed by atoms with Gasteiger partial charge >= 0.3 is 11.9 Å². The number of Topliss-reactive ketones (excluding diaryl/α,β-unsaturated/α-hetero) is 2. The molecule has 0 N–H and O–H groups in total. The molecule has 0 aromatic heterocycles. The highest BCUT2D eigenvalue weighted by molar-refractivity contribution is 5.90. The third-order valence-corrected chi connectivity index (χ3v) is 11.1. The molecule has 0 unspecified atom stereocenters. The van der Waals surface area contributed by atoms with Crippen LogP contribution in [0.5, 0.6) is 0 Å². The smallest absolute Gasteiger partial charge is 0.309 e. The van der Waals surface area contributed by atoms with E-state index in [0.29, 0.717) is 31.4 Å². The van der Waals surface area contributed by atoms with Gasteiger partial charge < -0.3 is 14.2 Å². The summed E-state index contributed by atoms with van der Waals surface area (Å²) in [6.07, 6.45) is 0.474. The van der Waals surface area contributed by atoms with Crippen LogP contribution in [0.25, 0.3) is 0 Å². The van der Waals surface area contributed by atoms with Gasteiger partial charge in [0.05, 0.1) is 12.0 Å². The maximum Gasteiger partial charge on any atom is 0.309 e. The van der Waals surface area contributed by atoms with E-state index < -0.39 is 34.4 Å². The van der Waals surface area contributed by atoms with E-state index in [9.17, 15) is 19.2 Å². The van der Waals surface area contributed by atoms with Crippen LogP contribution in [0.3, 0.4) is 0 Å². The van der Waals surface area contributed by atoms with Gasteiger partial charge in [0.15, 0.2) is 11.9 Å². The number of ketones is 2. The molecule has 0 radical (unpaired) electrons. The second kappa shape index (κ2) is 7.50. The molecule has 0 amide bonds. The second-order valence-corrected chi connectivity index (χ2v) is 12.7. The van der Waals surface area contributed by atoms with Gasteiger partial charge in [-0.1, -0.05) is 27.4 Å². The van der Waals surface area contributed by atoms with E-state index in [1.54, 1.807) is 0 Å². The molecule has 8 heteroatoms. The normalized spacial score (nSPS) is 49.5. The lowest BCUT2D eigenvalue weighted by molar-refractivity contribution is -0.398. The van der Waals surface area contributed by atoms with Crippen molar-refractivity contribution in [2.75, 3.05) is 13.6 Å². The Morgan fingerprint density at radius 2 is 1.81 bits per heavy atom. The van der Waals surface area contributed by atoms with Crippen LogP contribution in [0.2, 0.25) is 0 Å². The zero-order valence-corrected chi connectivity index (χ0v) is 21.9. The van der Waals surface area contributed by atoms with E-state index in [4.69, 9.17) is 14.2 Å². The topological polar surface area (TPSA) is 99.2 Å². The lowest BCUT2D eigenvalue weighted by Crippen LogP contribution is -2.85. The molecule has 8 nitrogen and oxygen atoms in total. The van der Waals surface area contributed by atoms with Crippen LogP contribution in [0.4, 0.5) is 0 Å². The summed E-state index contributed by atoms with van der Waals surface area (Å²) in [7, 11) is 2.01. The number of rotatable bonds is 4. The summed E-state index contributed by atoms with van der Waals surface area (Å²) in [6.45, 7) is 12.1. The summed E-state index contributed by atoms with van der Waals surface area (Å²) >= 11 is 0. The number of likely N-dealkylation sites (tertiary alicyclic amines) is 1. The molecule has 5 aliphatic carbocycles. The second-order valence-electron chi connectivity index (χ2n) is 12.7. The summed E-state index contributed by atoms with van der Waals surface area (Å²) in [4.78, 5) is 54.3. The summed E-state index contributed by atoms with van der Waals surface area (Å²) in [5, 5.41) is 0. The van der Waals surface area contributed by atoms with Crippen molar-refractivity contribution in [1.29, 1.82) is 0 Å². The maximum absolute atomic E-state index is 13.7. The van der Waals surface area contributed by atoms with Crippen LogP contribution in [-0.2, 0) is 33.4 Å². The zero-order valence-electron chi connectivity index (χ0n) is 21.9. The molecule has 8 fully saturated rings. The fourth-order valence-corrected chi connectivity index (χ4v) is 9.67. The number of piperidine rings is 1. The van der Waals surface area contributed by atoms with Crippen molar-refractivity contribution in [3.05, 3.63) is 12.2 Å². The number of ether oxygens (including phenoxy) is 3. The Bertz CT molecular complexity index is 1090. The lowest BCUT2D eigenvalue weighted by Gasteiger charge is -2.79. The monoisotopic (exact) mass is 499 g/mol. The highest BCUT2D eigenvalue weighted by Gasteiger charge is 2.82. The maximum atomic E-state index is 13.7. The molecule has 0 aromatic carbocycles. The fourth-order valence-electron chi connectivity index (χ4n) is 9.67. The highest BCUT2D eigenvalue weighted by Crippen LogP contribution is 2.77. The first-order valence-electron chi connectivity index (χ1n) is 13.4. The number of hydrogen-bond acceptors (Lipinski definition) is 8. The van der Waals surface area contributed by atoms with Gasteiger partial charge in [-0.05, 0) is 43.7 Å². The van der Waals surface area contributed by atoms with Crippen molar-refractivity contribution in [2.24, 2.45) is 39.9 Å². The summed E-state index contributed by atoms with van der Waals surface area (Å²) < 4.78 is 18.7. The molecule has 0 aromatic rings. The summed E-state index contributed by atoms with van der Waals surface area (Å²) in [6, 6.07) is 0. The van der Waals surface area contributed by atoms with Crippen LogP contribution in [0.1, 0.15) is 59.8 Å². The molecule has 196 valence electrons. The van der Waals surface area contributed by atoms with Crippen molar-refractivity contribution in [3.63, 3.8) is 0 Å². The van der Waals surface area contributed by atoms with Crippen molar-refractivity contribution in [3.8, 4) is 0 Å². The highest BCUT2D eigenvalue weighted by atomic mass is 16.6. The molecule has 11 atom stereocenters. The van der Waals surface area contributed by atoms with Gasteiger partial charge in [0.1, 0.15) is 18.1 Å². The Morgan fingerprint density at radius 3 is 2.47 bits per heavy atom. The first-order valence-corrected chi connectivity index (χ1v) is 13.4. The van der Waals surface area contributed by atoms with Gasteiger partial charge in [0.2, 0.25) is 0 Å². The average molecular weight is 500 g/mol. The van der Waals surface area contributed by atoms with E-state index in [1.165, 1.54) is 6.92 Å². The molecule has 7 bridgehead atoms. The first kappa shape index (κ1) is 24.3. The van der Waals surface area contributed by atoms with Gasteiger partial charge in [-0.3, -0.25) is 24.1 Å². The molecule has 3 aliphatic heterocycles. The standard InChI is InChI=1S/C28H37NO7/c1-7-13(2)24(33)36-22-14(3)16-8-20-27-11-18(32)23(34-15(4)30)26(5)12-29(6)25(27)35-21(9-19(26)27)28(20,22)10-17(16)31/h13,16,19-23,25H,3,7-12H2,1-2,4-6H3/t13-,16-,19+,20-,21+,22-,23+,25+,26-,27-,28+/m0/s1. The van der Waals surface area contributed by atoms with Gasteiger partial charge in [0.25, 0.3) is 0 Å². The van der Waals surface area contributed by atoms with Crippen molar-refractivity contribution in [1.82, 2.24) is 4.90 Å². The molecule has 8 aliphatic rings. The van der Waals surface area contributed by atoms with Crippen molar-refractivity contribution in [2.45, 2.75) is 84.3 Å². The minimum atomic E-state index is -0.791. The third-order valence-electron chi connectivity index (χ3n) is 11.1. The Morgan fingerprint density at radius 1 is 1.11 bits per heavy atom. The Balaban J connectivity index is 1.49. The summed E-state index contributed by atoms with van der Waals surface area (Å²) in [5.74, 6) is -1.21. The number of fused-ring (bicyclic) bond motifs is 2. The summed E-state index contributed by atoms with van der Waals surface area (Å²) in [5.41, 5.74) is -1.12. The number of nitrogens with zero attached hydrogens (tertiary/aromatic N) is 1. The minimum Gasteiger partial charge on any atom is -0.457 e. The van der Waals surface area contributed by atoms with E-state index in [2.05, 4.69) is 18.4 Å². The molecular weight excluding hydrogens is 462 g/mol. The zero-order chi connectivity index (χ0) is 25.9. The predicted octanol–water partition coefficient (Wildman–Crippen LogP) is 2.68. The molecule has 5 saturated carbocycles. The first-order chi connectivity index (χ1) is 16.9. The van der Waals surface area contributed by atoms with Gasteiger partial charge in [-0.15, -0.1) is 0 Å². The van der Waals surface area contributed by atoms with Crippen LogP contribution < -0.4 is 0 Å². The Kier molecular flexibility index (Phi) is 5.06. The van der Waals surface area contributed by atoms with E-state index >= 15 is 0 Å². The number of hydrogen-bond donors (Lipinski definition) is 0. The minimum absolute atomic E-state index is 0.0280. The third kappa shape index (κ3) is 2.67. The van der Waals surface area contributed by atoms with Crippen LogP contribution in [0.15, 0.2) is 12.2 Å². The quantitative estimate of drug-likeness (QED) is 0.430. The van der Waals surface area contributed by atoms with Crippen LogP contribution >= 0.6 is 0 Å². The SMILES string of the molecule is C=C1[C@@H]2C[C@@H]3[C@](CC2=O)([C@H]2C[C@@H]4[C@]5(C)CN(C)[C@H](O2)[C@]34CC(=O)[C@H]5OC(C)=O)[C@H]1OC(=O)[C@@H](C)CC. The molecular formula is C28H37NO7. The van der Waals surface area contributed by atoms with Gasteiger partial charge in [-0.25, -0.2) is 0 Å². The number of esters is 2. The molecule has 36 heavy (non-hydrogen) atoms. The van der Waals surface area contributed by atoms with Crippen molar-refractivity contribution >= 4 is 23.5 Å². The lowest BCUT2D eigenvalue weighted by atomic mass is 9.32. The van der Waals surface area contributed by atoms with Gasteiger partial charge in [-0.2, -0.15) is 0 Å². The number of carbonyl (C=O) groups is 4. The Hall–Kier alpha value is -2.06. The molecule has 2 spiro atoms. The van der Waals surface area contributed by atoms with E-state index in [-0.39, 0.29) is 66.4 Å². The molecule has 3 heterocycles. The van der Waals surface area contributed by atoms with Crippen LogP contribution in [0, 0.1) is 39.9 Å². The largest absolute Gasteiger partial charge is 0.457 e. The fraction of sp³-hybridized carbons (Fsp3) is 0.786. The molecule has 3 saturated heterocycles. The predicted molar refractivity (Wildman–Crippen MR) is 127 cm³/mol. The van der Waals surface area contributed by atoms with E-state index in [0.717, 1.165) is 0 Å². The Labute approximate surface area is 212 Å². The van der Waals surface area contributed by atoms with Gasteiger partial charge in [0, 0.05) is 48.5 Å². The average Bonchev–Trinajstić information content (AvgIpc) is 2.81. The van der Waals surface area contributed by atoms with E-state index in [1.807, 2.05) is 20.9 Å². The van der Waals surface area contributed by atoms with Crippen LogP contribution in [-0.4, -0.2) is 66.5 Å². The number of carbonyl (C=O) groups excluding carboxylic acids is 4.